The zero-order chi connectivity index (χ0) is 12.8. The van der Waals surface area contributed by atoms with Crippen LogP contribution >= 0.6 is 0 Å². The van der Waals surface area contributed by atoms with Gasteiger partial charge >= 0.3 is 12.1 Å². The zero-order valence-electron chi connectivity index (χ0n) is 9.21. The fourth-order valence-corrected chi connectivity index (χ4v) is 1.35. The number of rotatable bonds is 4. The Balaban J connectivity index is 2.75. The number of hydrogen-bond donors (Lipinski definition) is 3. The van der Waals surface area contributed by atoms with E-state index in [1.54, 1.807) is 12.1 Å². The fraction of sp³-hybridized carbons (Fsp3) is 0.273. The van der Waals surface area contributed by atoms with Crippen LogP contribution in [-0.4, -0.2) is 35.4 Å². The van der Waals surface area contributed by atoms with E-state index in [1.165, 1.54) is 19.2 Å². The molecular weight excluding hydrogens is 226 g/mol. The van der Waals surface area contributed by atoms with Crippen LogP contribution in [0.25, 0.3) is 0 Å². The van der Waals surface area contributed by atoms with Crippen LogP contribution in [0.15, 0.2) is 24.3 Å². The topological polar surface area (TPSA) is 95.9 Å². The second-order valence-electron chi connectivity index (χ2n) is 3.40. The molecule has 0 radical (unpaired) electrons. The van der Waals surface area contributed by atoms with E-state index in [4.69, 9.17) is 10.2 Å². The van der Waals surface area contributed by atoms with Crippen LogP contribution in [0.2, 0.25) is 0 Å². The number of esters is 1. The number of carboxylic acid groups (broad SMARTS) is 1. The van der Waals surface area contributed by atoms with Crippen molar-refractivity contribution in [2.45, 2.75) is 12.5 Å². The quantitative estimate of drug-likeness (QED) is 0.673. The average Bonchev–Trinajstić information content (AvgIpc) is 2.29. The molecule has 0 heterocycles. The Labute approximate surface area is 97.8 Å². The van der Waals surface area contributed by atoms with Crippen molar-refractivity contribution in [1.82, 2.24) is 5.32 Å². The number of amides is 1. The van der Waals surface area contributed by atoms with Crippen LogP contribution in [-0.2, 0) is 16.0 Å². The summed E-state index contributed by atoms with van der Waals surface area (Å²) in [5, 5.41) is 19.8. The second-order valence-corrected chi connectivity index (χ2v) is 3.40. The highest BCUT2D eigenvalue weighted by Gasteiger charge is 2.21. The van der Waals surface area contributed by atoms with Crippen molar-refractivity contribution in [2.75, 3.05) is 7.11 Å². The van der Waals surface area contributed by atoms with E-state index in [1.807, 2.05) is 0 Å². The molecule has 3 N–H and O–H groups in total. The van der Waals surface area contributed by atoms with Crippen LogP contribution in [0.1, 0.15) is 5.56 Å². The molecule has 0 aliphatic carbocycles. The van der Waals surface area contributed by atoms with Gasteiger partial charge in [0.1, 0.15) is 11.8 Å². The number of carbonyl (C=O) groups excluding carboxylic acids is 1. The minimum Gasteiger partial charge on any atom is -0.508 e. The van der Waals surface area contributed by atoms with E-state index in [0.29, 0.717) is 5.56 Å². The highest BCUT2D eigenvalue weighted by atomic mass is 16.5. The minimum atomic E-state index is -1.29. The van der Waals surface area contributed by atoms with Crippen molar-refractivity contribution in [3.8, 4) is 5.75 Å². The molecule has 17 heavy (non-hydrogen) atoms. The molecule has 0 aliphatic heterocycles. The molecule has 1 rings (SSSR count). The van der Waals surface area contributed by atoms with E-state index in [2.05, 4.69) is 10.1 Å². The molecule has 0 aliphatic rings. The lowest BCUT2D eigenvalue weighted by Crippen LogP contribution is -2.42. The largest absolute Gasteiger partial charge is 0.508 e. The highest BCUT2D eigenvalue weighted by Crippen LogP contribution is 2.11. The molecule has 0 bridgehead atoms. The Kier molecular flexibility index (Phi) is 4.33. The van der Waals surface area contributed by atoms with Gasteiger partial charge in [0.2, 0.25) is 0 Å². The monoisotopic (exact) mass is 239 g/mol. The molecule has 0 spiro atoms. The van der Waals surface area contributed by atoms with Crippen molar-refractivity contribution >= 4 is 12.1 Å². The number of benzene rings is 1. The van der Waals surface area contributed by atoms with Crippen LogP contribution in [0, 0.1) is 0 Å². The molecule has 92 valence electrons. The fourth-order valence-electron chi connectivity index (χ4n) is 1.35. The first-order valence-electron chi connectivity index (χ1n) is 4.88. The van der Waals surface area contributed by atoms with Gasteiger partial charge < -0.3 is 20.3 Å². The van der Waals surface area contributed by atoms with Crippen LogP contribution < -0.4 is 5.32 Å². The maximum Gasteiger partial charge on any atom is 0.405 e. The maximum absolute atomic E-state index is 11.3. The lowest BCUT2D eigenvalue weighted by molar-refractivity contribution is -0.142. The van der Waals surface area contributed by atoms with Gasteiger partial charge in [0.25, 0.3) is 0 Å². The summed E-state index contributed by atoms with van der Waals surface area (Å²) in [6, 6.07) is 5.18. The molecule has 1 aromatic rings. The summed E-state index contributed by atoms with van der Waals surface area (Å²) in [5.74, 6) is -0.546. The van der Waals surface area contributed by atoms with Crippen molar-refractivity contribution in [1.29, 1.82) is 0 Å². The predicted octanol–water partition coefficient (Wildman–Crippen LogP) is 0.744. The van der Waals surface area contributed by atoms with Gasteiger partial charge in [0.15, 0.2) is 0 Å². The smallest absolute Gasteiger partial charge is 0.405 e. The van der Waals surface area contributed by atoms with Gasteiger partial charge in [-0.1, -0.05) is 12.1 Å². The van der Waals surface area contributed by atoms with Gasteiger partial charge in [-0.25, -0.2) is 9.59 Å². The second kappa shape index (κ2) is 5.74. The molecule has 0 saturated heterocycles. The first-order chi connectivity index (χ1) is 8.02. The SMILES string of the molecule is COC(=O)C(Cc1ccc(O)cc1)NC(=O)O. The molecule has 1 amide bonds. The van der Waals surface area contributed by atoms with Gasteiger partial charge in [0.05, 0.1) is 7.11 Å². The number of phenols is 1. The first-order valence-corrected chi connectivity index (χ1v) is 4.88. The molecule has 1 atom stereocenters. The number of hydrogen-bond acceptors (Lipinski definition) is 4. The first kappa shape index (κ1) is 12.8. The Bertz CT molecular complexity index is 401. The van der Waals surface area contributed by atoms with Crippen LogP contribution in [0.4, 0.5) is 4.79 Å². The van der Waals surface area contributed by atoms with Gasteiger partial charge in [-0.2, -0.15) is 0 Å². The van der Waals surface area contributed by atoms with Crippen molar-refractivity contribution in [3.63, 3.8) is 0 Å². The number of aromatic hydroxyl groups is 1. The average molecular weight is 239 g/mol. The van der Waals surface area contributed by atoms with E-state index >= 15 is 0 Å². The van der Waals surface area contributed by atoms with Gasteiger partial charge in [0, 0.05) is 6.42 Å². The molecular formula is C11H13NO5. The van der Waals surface area contributed by atoms with Crippen molar-refractivity contribution in [3.05, 3.63) is 29.8 Å². The molecule has 0 aromatic heterocycles. The number of nitrogens with one attached hydrogen (secondary N) is 1. The summed E-state index contributed by atoms with van der Waals surface area (Å²) in [5.41, 5.74) is 0.715. The summed E-state index contributed by atoms with van der Waals surface area (Å²) in [7, 11) is 1.19. The predicted molar refractivity (Wildman–Crippen MR) is 58.8 cm³/mol. The molecule has 1 unspecified atom stereocenters. The minimum absolute atomic E-state index is 0.106. The number of methoxy groups -OCH3 is 1. The summed E-state index contributed by atoms with van der Waals surface area (Å²) in [6.45, 7) is 0. The molecule has 6 nitrogen and oxygen atoms in total. The third-order valence-corrected chi connectivity index (χ3v) is 2.16. The third kappa shape index (κ3) is 4.02. The van der Waals surface area contributed by atoms with E-state index in [9.17, 15) is 9.59 Å². The molecule has 0 fully saturated rings. The van der Waals surface area contributed by atoms with Crippen LogP contribution in [0.5, 0.6) is 5.75 Å². The lowest BCUT2D eigenvalue weighted by Gasteiger charge is -2.14. The highest BCUT2D eigenvalue weighted by molar-refractivity contribution is 5.80. The van der Waals surface area contributed by atoms with E-state index in [0.717, 1.165) is 0 Å². The Morgan fingerprint density at radius 1 is 1.35 bits per heavy atom. The zero-order valence-corrected chi connectivity index (χ0v) is 9.21. The lowest BCUT2D eigenvalue weighted by atomic mass is 10.1. The van der Waals surface area contributed by atoms with Gasteiger partial charge in [-0.3, -0.25) is 0 Å². The van der Waals surface area contributed by atoms with Crippen LogP contribution in [0.3, 0.4) is 0 Å². The van der Waals surface area contributed by atoms with E-state index < -0.39 is 18.1 Å². The molecule has 0 saturated carbocycles. The van der Waals surface area contributed by atoms with Crippen molar-refractivity contribution in [2.24, 2.45) is 0 Å². The number of carbonyl (C=O) groups is 2. The normalized spacial score (nSPS) is 11.6. The standard InChI is InChI=1S/C11H13NO5/c1-17-10(14)9(12-11(15)16)6-7-2-4-8(13)5-3-7/h2-5,9,12-13H,6H2,1H3,(H,15,16). The molecule has 6 heteroatoms. The number of phenolic OH excluding ortho intramolecular Hbond substituents is 1. The Hall–Kier alpha value is -2.24. The summed E-state index contributed by atoms with van der Waals surface area (Å²) in [4.78, 5) is 21.8. The molecule has 1 aromatic carbocycles. The third-order valence-electron chi connectivity index (χ3n) is 2.16. The summed E-state index contributed by atoms with van der Waals surface area (Å²) in [6.07, 6.45) is -1.13. The Morgan fingerprint density at radius 2 is 1.94 bits per heavy atom. The Morgan fingerprint density at radius 3 is 2.41 bits per heavy atom. The summed E-state index contributed by atoms with van der Waals surface area (Å²) >= 11 is 0. The maximum atomic E-state index is 11.3. The summed E-state index contributed by atoms with van der Waals surface area (Å²) < 4.78 is 4.50. The van der Waals surface area contributed by atoms with E-state index in [-0.39, 0.29) is 12.2 Å². The number of ether oxygens (including phenoxy) is 1. The van der Waals surface area contributed by atoms with Gasteiger partial charge in [-0.05, 0) is 17.7 Å². The van der Waals surface area contributed by atoms with Crippen molar-refractivity contribution < 1.29 is 24.5 Å². The van der Waals surface area contributed by atoms with Gasteiger partial charge in [-0.15, -0.1) is 0 Å².